The van der Waals surface area contributed by atoms with Crippen LogP contribution in [-0.4, -0.2) is 19.4 Å². The van der Waals surface area contributed by atoms with Gasteiger partial charge in [-0.1, -0.05) is 5.92 Å². The molecule has 0 saturated carbocycles. The Hall–Kier alpha value is 0.130. The predicted octanol–water partition coefficient (Wildman–Crippen LogP) is 0.974. The van der Waals surface area contributed by atoms with Gasteiger partial charge in [-0.05, 0) is 11.8 Å². The Balaban J connectivity index is 2.60. The lowest BCUT2D eigenvalue weighted by atomic mass is 10.4. The lowest BCUT2D eigenvalue weighted by Gasteiger charge is -2.04. The van der Waals surface area contributed by atoms with E-state index in [-0.39, 0.29) is 6.10 Å². The van der Waals surface area contributed by atoms with Crippen molar-refractivity contribution in [2.45, 2.75) is 6.10 Å². The van der Waals surface area contributed by atoms with Crippen molar-refractivity contribution in [3.8, 4) is 12.3 Å². The molecule has 1 aliphatic rings. The molecule has 2 nitrogen and oxygen atoms in total. The van der Waals surface area contributed by atoms with E-state index in [1.54, 1.807) is 6.66 Å². The van der Waals surface area contributed by atoms with Gasteiger partial charge >= 0.3 is 0 Å². The van der Waals surface area contributed by atoms with Crippen molar-refractivity contribution in [2.75, 3.05) is 13.3 Å². The van der Waals surface area contributed by atoms with Crippen molar-refractivity contribution in [1.82, 2.24) is 0 Å². The van der Waals surface area contributed by atoms with Crippen LogP contribution in [0.25, 0.3) is 0 Å². The molecule has 4 heteroatoms. The quantitative estimate of drug-likeness (QED) is 0.390. The van der Waals surface area contributed by atoms with Gasteiger partial charge in [0.2, 0.25) is 0 Å². The van der Waals surface area contributed by atoms with E-state index in [9.17, 15) is 0 Å². The van der Waals surface area contributed by atoms with Crippen LogP contribution in [-0.2, 0) is 20.9 Å². The maximum Gasteiger partial charge on any atom is 0.187 e. The molecule has 0 bridgehead atoms. The zero-order valence-electron chi connectivity index (χ0n) is 5.03. The molecular formula is C5H7O2PS. The molecule has 0 radical (unpaired) electrons. The third-order valence-corrected chi connectivity index (χ3v) is 2.79. The molecule has 0 aromatic rings. The van der Waals surface area contributed by atoms with E-state index in [1.165, 1.54) is 0 Å². The topological polar surface area (TPSA) is 18.5 Å². The van der Waals surface area contributed by atoms with Crippen LogP contribution >= 0.6 is 6.49 Å². The fraction of sp³-hybridized carbons (Fsp3) is 0.600. The van der Waals surface area contributed by atoms with Crippen molar-refractivity contribution < 1.29 is 9.05 Å². The zero-order chi connectivity index (χ0) is 6.91. The molecule has 9 heavy (non-hydrogen) atoms. The van der Waals surface area contributed by atoms with Gasteiger partial charge < -0.3 is 9.05 Å². The highest BCUT2D eigenvalue weighted by Gasteiger charge is 2.26. The summed E-state index contributed by atoms with van der Waals surface area (Å²) in [5, 5.41) is 0. The summed E-state index contributed by atoms with van der Waals surface area (Å²) >= 11 is 4.92. The minimum atomic E-state index is -1.93. The van der Waals surface area contributed by atoms with Gasteiger partial charge in [-0.3, -0.25) is 0 Å². The normalized spacial score (nSPS) is 42.4. The second-order valence-corrected chi connectivity index (χ2v) is 5.83. The fourth-order valence-corrected chi connectivity index (χ4v) is 2.12. The number of rotatable bonds is 0. The molecule has 0 N–H and O–H groups in total. The van der Waals surface area contributed by atoms with Crippen LogP contribution < -0.4 is 0 Å². The Bertz CT molecular complexity index is 196. The zero-order valence-corrected chi connectivity index (χ0v) is 6.74. The van der Waals surface area contributed by atoms with Crippen molar-refractivity contribution in [2.24, 2.45) is 0 Å². The van der Waals surface area contributed by atoms with Crippen LogP contribution in [0.4, 0.5) is 0 Å². The molecule has 0 amide bonds. The summed E-state index contributed by atoms with van der Waals surface area (Å²) in [4.78, 5) is 0. The highest BCUT2D eigenvalue weighted by Crippen LogP contribution is 2.50. The summed E-state index contributed by atoms with van der Waals surface area (Å²) in [6.45, 7) is 0.315. The van der Waals surface area contributed by atoms with Crippen LogP contribution in [0.15, 0.2) is 0 Å². The van der Waals surface area contributed by atoms with E-state index in [0.29, 0.717) is 6.61 Å². The average molecular weight is 162 g/mol. The number of terminal acetylenes is 1. The first kappa shape index (κ1) is 7.24. The van der Waals surface area contributed by atoms with Crippen LogP contribution in [0, 0.1) is 12.3 Å². The van der Waals surface area contributed by atoms with Gasteiger partial charge in [0.15, 0.2) is 6.49 Å². The van der Waals surface area contributed by atoms with Crippen molar-refractivity contribution >= 4 is 18.3 Å². The smallest absolute Gasteiger partial charge is 0.187 e. The average Bonchev–Trinajstić information content (AvgIpc) is 2.10. The van der Waals surface area contributed by atoms with Crippen LogP contribution in [0.5, 0.6) is 0 Å². The Labute approximate surface area is 59.7 Å². The van der Waals surface area contributed by atoms with E-state index >= 15 is 0 Å². The molecule has 1 rings (SSSR count). The van der Waals surface area contributed by atoms with Gasteiger partial charge in [-0.15, -0.1) is 6.42 Å². The van der Waals surface area contributed by atoms with Crippen molar-refractivity contribution in [3.05, 3.63) is 0 Å². The second kappa shape index (κ2) is 2.40. The molecule has 0 aromatic heterocycles. The number of hydrogen-bond acceptors (Lipinski definition) is 3. The van der Waals surface area contributed by atoms with Crippen molar-refractivity contribution in [1.29, 1.82) is 0 Å². The van der Waals surface area contributed by atoms with Crippen LogP contribution in [0.1, 0.15) is 0 Å². The highest BCUT2D eigenvalue weighted by atomic mass is 32.5. The third-order valence-electron chi connectivity index (χ3n) is 0.965. The van der Waals surface area contributed by atoms with Crippen LogP contribution in [0.2, 0.25) is 0 Å². The largest absolute Gasteiger partial charge is 0.326 e. The van der Waals surface area contributed by atoms with Gasteiger partial charge in [0, 0.05) is 6.66 Å². The Morgan fingerprint density at radius 1 is 1.89 bits per heavy atom. The molecule has 2 unspecified atom stereocenters. The Morgan fingerprint density at radius 3 is 2.78 bits per heavy atom. The fourth-order valence-electron chi connectivity index (χ4n) is 0.574. The minimum Gasteiger partial charge on any atom is -0.326 e. The van der Waals surface area contributed by atoms with Gasteiger partial charge in [0.1, 0.15) is 6.10 Å². The highest BCUT2D eigenvalue weighted by molar-refractivity contribution is 8.09. The third kappa shape index (κ3) is 1.77. The van der Waals surface area contributed by atoms with Crippen molar-refractivity contribution in [3.63, 3.8) is 0 Å². The van der Waals surface area contributed by atoms with E-state index < -0.39 is 6.49 Å². The summed E-state index contributed by atoms with van der Waals surface area (Å²) in [7, 11) is 0. The molecule has 50 valence electrons. The molecule has 1 heterocycles. The molecule has 0 spiro atoms. The maximum atomic E-state index is 5.17. The van der Waals surface area contributed by atoms with Crippen LogP contribution in [0.3, 0.4) is 0 Å². The van der Waals surface area contributed by atoms with Gasteiger partial charge in [0.05, 0.1) is 6.61 Å². The summed E-state index contributed by atoms with van der Waals surface area (Å²) < 4.78 is 10.3. The van der Waals surface area contributed by atoms with Gasteiger partial charge in [0.25, 0.3) is 0 Å². The van der Waals surface area contributed by atoms with E-state index in [2.05, 4.69) is 5.92 Å². The maximum absolute atomic E-state index is 5.17. The minimum absolute atomic E-state index is 0.208. The number of hydrogen-bond donors (Lipinski definition) is 0. The van der Waals surface area contributed by atoms with Gasteiger partial charge in [-0.2, -0.15) is 0 Å². The van der Waals surface area contributed by atoms with E-state index in [4.69, 9.17) is 27.3 Å². The summed E-state index contributed by atoms with van der Waals surface area (Å²) in [5.74, 6) is 2.43. The summed E-state index contributed by atoms with van der Waals surface area (Å²) in [6, 6.07) is 0. The lowest BCUT2D eigenvalue weighted by Crippen LogP contribution is -2.03. The molecule has 0 aromatic carbocycles. The molecule has 1 fully saturated rings. The van der Waals surface area contributed by atoms with E-state index in [0.717, 1.165) is 0 Å². The first-order valence-electron chi connectivity index (χ1n) is 2.50. The Kier molecular flexibility index (Phi) is 1.93. The predicted molar refractivity (Wildman–Crippen MR) is 39.9 cm³/mol. The molecular weight excluding hydrogens is 155 g/mol. The SMILES string of the molecule is C#CC1COP(C)(=S)O1. The molecule has 1 aliphatic heterocycles. The molecule has 1 saturated heterocycles. The summed E-state index contributed by atoms with van der Waals surface area (Å²) in [5.41, 5.74) is 0. The molecule has 0 aliphatic carbocycles. The van der Waals surface area contributed by atoms with E-state index in [1.807, 2.05) is 0 Å². The summed E-state index contributed by atoms with van der Waals surface area (Å²) in [6.07, 6.45) is 4.86. The monoisotopic (exact) mass is 162 g/mol. The van der Waals surface area contributed by atoms with Gasteiger partial charge in [-0.25, -0.2) is 0 Å². The standard InChI is InChI=1S/C5H7O2PS/c1-3-5-4-6-8(2,9)7-5/h1,5H,4H2,2H3. The first-order valence-corrected chi connectivity index (χ1v) is 5.59. The second-order valence-electron chi connectivity index (χ2n) is 1.83. The Morgan fingerprint density at radius 2 is 2.56 bits per heavy atom. The first-order chi connectivity index (χ1) is 4.14. The lowest BCUT2D eigenvalue weighted by molar-refractivity contribution is 0.302. The molecule has 2 atom stereocenters.